The fourth-order valence-electron chi connectivity index (χ4n) is 1.72. The van der Waals surface area contributed by atoms with Crippen molar-refractivity contribution >= 4 is 12.0 Å². The molecule has 21 heavy (non-hydrogen) atoms. The maximum atomic E-state index is 11.7. The van der Waals surface area contributed by atoms with Crippen LogP contribution >= 0.6 is 0 Å². The number of amides is 1. The first kappa shape index (κ1) is 14.8. The van der Waals surface area contributed by atoms with E-state index in [0.29, 0.717) is 6.54 Å². The molecule has 0 unspecified atom stereocenters. The third-order valence-electron chi connectivity index (χ3n) is 2.76. The van der Waals surface area contributed by atoms with Crippen LogP contribution in [0.1, 0.15) is 12.5 Å². The Hall–Kier alpha value is -2.62. The van der Waals surface area contributed by atoms with E-state index >= 15 is 0 Å². The molecule has 0 radical (unpaired) electrons. The third-order valence-corrected chi connectivity index (χ3v) is 2.76. The zero-order valence-electron chi connectivity index (χ0n) is 11.9. The topological polar surface area (TPSA) is 51.2 Å². The number of nitrogens with zero attached hydrogens (tertiary/aromatic N) is 1. The van der Waals surface area contributed by atoms with Gasteiger partial charge in [0.05, 0.1) is 6.54 Å². The maximum absolute atomic E-state index is 11.7. The lowest BCUT2D eigenvalue weighted by molar-refractivity contribution is -0.116. The van der Waals surface area contributed by atoms with E-state index in [9.17, 15) is 4.79 Å². The van der Waals surface area contributed by atoms with Gasteiger partial charge in [-0.1, -0.05) is 24.3 Å². The summed E-state index contributed by atoms with van der Waals surface area (Å²) in [6.07, 6.45) is 6.52. The van der Waals surface area contributed by atoms with E-state index in [0.717, 1.165) is 11.3 Å². The van der Waals surface area contributed by atoms with Crippen LogP contribution in [0.3, 0.4) is 0 Å². The van der Waals surface area contributed by atoms with Crippen LogP contribution in [0.4, 0.5) is 0 Å². The first-order valence-electron chi connectivity index (χ1n) is 6.81. The van der Waals surface area contributed by atoms with Crippen LogP contribution in [0.15, 0.2) is 60.9 Å². The summed E-state index contributed by atoms with van der Waals surface area (Å²) >= 11 is 0. The average molecular weight is 282 g/mol. The van der Waals surface area contributed by atoms with E-state index in [1.165, 1.54) is 6.08 Å². The van der Waals surface area contributed by atoms with Crippen molar-refractivity contribution in [2.24, 2.45) is 0 Å². The molecule has 0 aliphatic heterocycles. The molecule has 0 saturated heterocycles. The molecule has 1 atom stereocenters. The number of hydrogen-bond acceptors (Lipinski definition) is 3. The predicted molar refractivity (Wildman–Crippen MR) is 82.8 cm³/mol. The van der Waals surface area contributed by atoms with Crippen molar-refractivity contribution in [2.45, 2.75) is 13.0 Å². The Morgan fingerprint density at radius 2 is 2.10 bits per heavy atom. The van der Waals surface area contributed by atoms with Gasteiger partial charge in [-0.15, -0.1) is 0 Å². The van der Waals surface area contributed by atoms with Crippen LogP contribution in [-0.4, -0.2) is 23.5 Å². The number of carbonyl (C=O) groups excluding carboxylic acids is 1. The Morgan fingerprint density at radius 1 is 1.29 bits per heavy atom. The number of benzene rings is 1. The number of rotatable bonds is 6. The highest BCUT2D eigenvalue weighted by Crippen LogP contribution is 2.10. The number of ether oxygens (including phenoxy) is 1. The fourth-order valence-corrected chi connectivity index (χ4v) is 1.72. The Kier molecular flexibility index (Phi) is 5.52. The molecule has 0 aliphatic rings. The summed E-state index contributed by atoms with van der Waals surface area (Å²) in [7, 11) is 0. The van der Waals surface area contributed by atoms with Crippen LogP contribution in [0.25, 0.3) is 6.08 Å². The fraction of sp³-hybridized carbons (Fsp3) is 0.176. The summed E-state index contributed by atoms with van der Waals surface area (Å²) in [5, 5.41) is 2.80. The maximum Gasteiger partial charge on any atom is 0.244 e. The third kappa shape index (κ3) is 5.48. The molecule has 1 amide bonds. The van der Waals surface area contributed by atoms with E-state index in [1.807, 2.05) is 49.4 Å². The van der Waals surface area contributed by atoms with Crippen molar-refractivity contribution in [3.05, 3.63) is 66.5 Å². The molecule has 108 valence electrons. The predicted octanol–water partition coefficient (Wildman–Crippen LogP) is 2.68. The number of carbonyl (C=O) groups is 1. The molecule has 2 aromatic rings. The van der Waals surface area contributed by atoms with Crippen molar-refractivity contribution in [1.82, 2.24) is 10.3 Å². The second-order valence-corrected chi connectivity index (χ2v) is 4.61. The second kappa shape index (κ2) is 7.85. The molecular formula is C17H18N2O2. The first-order valence-corrected chi connectivity index (χ1v) is 6.81. The summed E-state index contributed by atoms with van der Waals surface area (Å²) in [4.78, 5) is 15.7. The average Bonchev–Trinajstić information content (AvgIpc) is 2.53. The number of hydrogen-bond donors (Lipinski definition) is 1. The Morgan fingerprint density at radius 3 is 2.81 bits per heavy atom. The van der Waals surface area contributed by atoms with Gasteiger partial charge in [0.2, 0.25) is 5.91 Å². The van der Waals surface area contributed by atoms with Crippen LogP contribution in [-0.2, 0) is 4.79 Å². The van der Waals surface area contributed by atoms with Crippen molar-refractivity contribution in [3.8, 4) is 5.75 Å². The summed E-state index contributed by atoms with van der Waals surface area (Å²) in [6, 6.07) is 13.3. The molecule has 4 heteroatoms. The minimum absolute atomic E-state index is 0.0943. The van der Waals surface area contributed by atoms with Crippen LogP contribution in [0, 0.1) is 0 Å². The van der Waals surface area contributed by atoms with Crippen LogP contribution in [0.2, 0.25) is 0 Å². The molecule has 2 rings (SSSR count). The molecule has 1 aromatic carbocycles. The molecule has 1 heterocycles. The molecule has 0 spiro atoms. The van der Waals surface area contributed by atoms with E-state index < -0.39 is 0 Å². The summed E-state index contributed by atoms with van der Waals surface area (Å²) < 4.78 is 5.68. The van der Waals surface area contributed by atoms with E-state index in [-0.39, 0.29) is 12.0 Å². The number of nitrogens with one attached hydrogen (secondary N) is 1. The van der Waals surface area contributed by atoms with Gasteiger partial charge >= 0.3 is 0 Å². The number of pyridine rings is 1. The molecule has 0 fully saturated rings. The highest BCUT2D eigenvalue weighted by atomic mass is 16.5. The molecule has 1 aromatic heterocycles. The van der Waals surface area contributed by atoms with E-state index in [1.54, 1.807) is 18.5 Å². The highest BCUT2D eigenvalue weighted by Gasteiger charge is 2.04. The van der Waals surface area contributed by atoms with Gasteiger partial charge < -0.3 is 10.1 Å². The summed E-state index contributed by atoms with van der Waals surface area (Å²) in [5.41, 5.74) is 0.890. The minimum Gasteiger partial charge on any atom is -0.489 e. The van der Waals surface area contributed by atoms with Crippen molar-refractivity contribution in [3.63, 3.8) is 0 Å². The van der Waals surface area contributed by atoms with Gasteiger partial charge in [-0.3, -0.25) is 9.78 Å². The monoisotopic (exact) mass is 282 g/mol. The van der Waals surface area contributed by atoms with Crippen molar-refractivity contribution in [2.75, 3.05) is 6.54 Å². The van der Waals surface area contributed by atoms with E-state index in [2.05, 4.69) is 10.3 Å². The Balaban J connectivity index is 1.75. The lowest BCUT2D eigenvalue weighted by Gasteiger charge is -2.14. The van der Waals surface area contributed by atoms with Gasteiger partial charge in [-0.2, -0.15) is 0 Å². The van der Waals surface area contributed by atoms with Gasteiger partial charge in [0.1, 0.15) is 11.9 Å². The summed E-state index contributed by atoms with van der Waals surface area (Å²) in [5.74, 6) is 0.646. The SMILES string of the molecule is C[C@@H](CNC(=O)/C=C/c1cccnc1)Oc1ccccc1. The van der Waals surface area contributed by atoms with Crippen LogP contribution in [0.5, 0.6) is 5.75 Å². The minimum atomic E-state index is -0.151. The Labute approximate surface area is 124 Å². The van der Waals surface area contributed by atoms with E-state index in [4.69, 9.17) is 4.74 Å². The molecule has 0 bridgehead atoms. The smallest absolute Gasteiger partial charge is 0.244 e. The number of para-hydroxylation sites is 1. The van der Waals surface area contributed by atoms with Gasteiger partial charge in [0, 0.05) is 18.5 Å². The van der Waals surface area contributed by atoms with Gasteiger partial charge in [-0.25, -0.2) is 0 Å². The van der Waals surface area contributed by atoms with Gasteiger partial charge in [0.25, 0.3) is 0 Å². The van der Waals surface area contributed by atoms with Crippen LogP contribution < -0.4 is 10.1 Å². The molecule has 0 aliphatic carbocycles. The highest BCUT2D eigenvalue weighted by molar-refractivity contribution is 5.91. The van der Waals surface area contributed by atoms with Gasteiger partial charge in [-0.05, 0) is 36.8 Å². The lowest BCUT2D eigenvalue weighted by atomic mass is 10.2. The van der Waals surface area contributed by atoms with Gasteiger partial charge in [0.15, 0.2) is 0 Å². The zero-order valence-corrected chi connectivity index (χ0v) is 11.9. The molecular weight excluding hydrogens is 264 g/mol. The second-order valence-electron chi connectivity index (χ2n) is 4.61. The normalized spacial score (nSPS) is 12.0. The molecule has 1 N–H and O–H groups in total. The first-order chi connectivity index (χ1) is 10.2. The largest absolute Gasteiger partial charge is 0.489 e. The van der Waals surface area contributed by atoms with Crippen molar-refractivity contribution < 1.29 is 9.53 Å². The molecule has 4 nitrogen and oxygen atoms in total. The number of aromatic nitrogens is 1. The zero-order chi connectivity index (χ0) is 14.9. The Bertz CT molecular complexity index is 582. The standard InChI is InChI=1S/C17H18N2O2/c1-14(21-16-7-3-2-4-8-16)12-19-17(20)10-9-15-6-5-11-18-13-15/h2-11,13-14H,12H2,1H3,(H,19,20)/b10-9+/t14-/m0/s1. The lowest BCUT2D eigenvalue weighted by Crippen LogP contribution is -2.32. The van der Waals surface area contributed by atoms with Crippen molar-refractivity contribution in [1.29, 1.82) is 0 Å². The summed E-state index contributed by atoms with van der Waals surface area (Å²) in [6.45, 7) is 2.36. The quantitative estimate of drug-likeness (QED) is 0.829. The molecule has 0 saturated carbocycles.